The summed E-state index contributed by atoms with van der Waals surface area (Å²) < 4.78 is 0.935. The van der Waals surface area contributed by atoms with Gasteiger partial charge in [0.05, 0.1) is 15.9 Å². The van der Waals surface area contributed by atoms with Crippen LogP contribution in [0.1, 0.15) is 15.9 Å². The molecule has 0 bridgehead atoms. The molecule has 0 atom stereocenters. The summed E-state index contributed by atoms with van der Waals surface area (Å²) in [5.74, 6) is 5.59. The molecule has 96 valence electrons. The number of carbonyl (C=O) groups is 1. The van der Waals surface area contributed by atoms with E-state index in [9.17, 15) is 4.79 Å². The lowest BCUT2D eigenvalue weighted by atomic mass is 10.2. The Morgan fingerprint density at radius 1 is 1.37 bits per heavy atom. The Bertz CT molecular complexity index is 637. The Hall–Kier alpha value is -1.61. The van der Waals surface area contributed by atoms with E-state index in [1.807, 2.05) is 24.3 Å². The van der Waals surface area contributed by atoms with Crippen LogP contribution in [0.15, 0.2) is 39.5 Å². The number of nitrogens with one attached hydrogen (secondary N) is 1. The second-order valence-electron chi connectivity index (χ2n) is 3.68. The average molecular weight is 335 g/mol. The van der Waals surface area contributed by atoms with Gasteiger partial charge in [0.25, 0.3) is 5.91 Å². The number of rotatable bonds is 2. The maximum absolute atomic E-state index is 11.9. The molecule has 0 unspecified atom stereocenters. The van der Waals surface area contributed by atoms with Crippen LogP contribution in [0.4, 0.5) is 5.69 Å². The molecule has 0 saturated carbocycles. The second-order valence-corrected chi connectivity index (χ2v) is 5.97. The number of halogens is 1. The lowest BCUT2D eigenvalue weighted by Gasteiger charge is -2.03. The van der Waals surface area contributed by atoms with E-state index in [4.69, 9.17) is 5.73 Å². The zero-order valence-electron chi connectivity index (χ0n) is 9.94. The van der Waals surface area contributed by atoms with Gasteiger partial charge in [-0.15, -0.1) is 11.3 Å². The van der Waals surface area contributed by atoms with E-state index in [1.165, 1.54) is 11.3 Å². The molecule has 1 heterocycles. The first-order chi connectivity index (χ1) is 9.19. The molecule has 1 aromatic heterocycles. The van der Waals surface area contributed by atoms with Gasteiger partial charge in [-0.25, -0.2) is 0 Å². The molecule has 2 rings (SSSR count). The van der Waals surface area contributed by atoms with Gasteiger partial charge in [0.2, 0.25) is 0 Å². The first-order valence-corrected chi connectivity index (χ1v) is 7.20. The predicted octanol–water partition coefficient (Wildman–Crippen LogP) is 3.07. The number of benzene rings is 1. The highest BCUT2D eigenvalue weighted by atomic mass is 79.9. The number of nitrogens with two attached hydrogens (primary N) is 1. The Morgan fingerprint density at radius 2 is 2.11 bits per heavy atom. The van der Waals surface area contributed by atoms with Crippen LogP contribution in [0, 0.1) is 11.8 Å². The van der Waals surface area contributed by atoms with Gasteiger partial charge in [-0.1, -0.05) is 11.8 Å². The maximum Gasteiger partial charge on any atom is 0.256 e. The zero-order valence-corrected chi connectivity index (χ0v) is 12.3. The van der Waals surface area contributed by atoms with E-state index < -0.39 is 0 Å². The monoisotopic (exact) mass is 334 g/mol. The molecule has 1 aromatic carbocycles. The standard InChI is InChI=1S/C14H11BrN2OS/c15-13-8-11(9-19-13)14(18)17-12-5-3-10(4-6-12)2-1-7-16/h3-6,8-9H,7,16H2,(H,17,18). The van der Waals surface area contributed by atoms with Gasteiger partial charge >= 0.3 is 0 Å². The summed E-state index contributed by atoms with van der Waals surface area (Å²) in [5.41, 5.74) is 7.57. The van der Waals surface area contributed by atoms with Crippen molar-refractivity contribution in [2.24, 2.45) is 5.73 Å². The van der Waals surface area contributed by atoms with Crippen LogP contribution in [0.5, 0.6) is 0 Å². The molecule has 2 aromatic rings. The van der Waals surface area contributed by atoms with E-state index in [1.54, 1.807) is 11.4 Å². The Labute approximate surface area is 124 Å². The normalized spacial score (nSPS) is 9.58. The van der Waals surface area contributed by atoms with Crippen LogP contribution >= 0.6 is 27.3 Å². The lowest BCUT2D eigenvalue weighted by Crippen LogP contribution is -2.10. The maximum atomic E-state index is 11.9. The fraction of sp³-hybridized carbons (Fsp3) is 0.0714. The van der Waals surface area contributed by atoms with Crippen molar-refractivity contribution >= 4 is 38.9 Å². The first kappa shape index (κ1) is 13.8. The molecule has 3 nitrogen and oxygen atoms in total. The number of thiophene rings is 1. The van der Waals surface area contributed by atoms with Crippen LogP contribution in [0.2, 0.25) is 0 Å². The van der Waals surface area contributed by atoms with Gasteiger partial charge < -0.3 is 11.1 Å². The van der Waals surface area contributed by atoms with Crippen LogP contribution < -0.4 is 11.1 Å². The quantitative estimate of drug-likeness (QED) is 0.829. The summed E-state index contributed by atoms with van der Waals surface area (Å²) in [6, 6.07) is 9.13. The van der Waals surface area contributed by atoms with Crippen LogP contribution in [0.3, 0.4) is 0 Å². The molecule has 0 spiro atoms. The fourth-order valence-electron chi connectivity index (χ4n) is 1.42. The smallest absolute Gasteiger partial charge is 0.256 e. The number of anilines is 1. The molecule has 5 heteroatoms. The Balaban J connectivity index is 2.05. The first-order valence-electron chi connectivity index (χ1n) is 5.53. The van der Waals surface area contributed by atoms with Gasteiger partial charge in [-0.05, 0) is 46.3 Å². The molecular weight excluding hydrogens is 324 g/mol. The van der Waals surface area contributed by atoms with Crippen molar-refractivity contribution in [2.75, 3.05) is 11.9 Å². The van der Waals surface area contributed by atoms with Gasteiger partial charge in [0.15, 0.2) is 0 Å². The summed E-state index contributed by atoms with van der Waals surface area (Å²) in [6.45, 7) is 0.339. The molecular formula is C14H11BrN2OS. The summed E-state index contributed by atoms with van der Waals surface area (Å²) in [4.78, 5) is 11.9. The third kappa shape index (κ3) is 3.93. The molecule has 0 radical (unpaired) electrons. The van der Waals surface area contributed by atoms with Crippen molar-refractivity contribution in [3.05, 3.63) is 50.6 Å². The largest absolute Gasteiger partial charge is 0.322 e. The molecule has 0 aliphatic carbocycles. The summed E-state index contributed by atoms with van der Waals surface area (Å²) in [6.07, 6.45) is 0. The molecule has 0 saturated heterocycles. The van der Waals surface area contributed by atoms with E-state index in [-0.39, 0.29) is 5.91 Å². The van der Waals surface area contributed by atoms with Gasteiger partial charge in [0.1, 0.15) is 0 Å². The molecule has 19 heavy (non-hydrogen) atoms. The van der Waals surface area contributed by atoms with Gasteiger partial charge in [-0.3, -0.25) is 4.79 Å². The molecule has 3 N–H and O–H groups in total. The molecule has 0 aliphatic heterocycles. The highest BCUT2D eigenvalue weighted by Gasteiger charge is 2.07. The van der Waals surface area contributed by atoms with Crippen LogP contribution in [-0.2, 0) is 0 Å². The minimum Gasteiger partial charge on any atom is -0.322 e. The van der Waals surface area contributed by atoms with Crippen LogP contribution in [0.25, 0.3) is 0 Å². The van der Waals surface area contributed by atoms with Gasteiger partial charge in [0, 0.05) is 16.6 Å². The predicted molar refractivity (Wildman–Crippen MR) is 82.3 cm³/mol. The Morgan fingerprint density at radius 3 is 2.68 bits per heavy atom. The summed E-state index contributed by atoms with van der Waals surface area (Å²) >= 11 is 4.81. The fourth-order valence-corrected chi connectivity index (χ4v) is 2.56. The third-order valence-corrected chi connectivity index (χ3v) is 3.81. The topological polar surface area (TPSA) is 55.1 Å². The van der Waals surface area contributed by atoms with Crippen molar-refractivity contribution in [3.63, 3.8) is 0 Å². The Kier molecular flexibility index (Phi) is 4.74. The zero-order chi connectivity index (χ0) is 13.7. The summed E-state index contributed by atoms with van der Waals surface area (Å²) in [7, 11) is 0. The van der Waals surface area contributed by atoms with E-state index >= 15 is 0 Å². The SMILES string of the molecule is NCC#Cc1ccc(NC(=O)c2csc(Br)c2)cc1. The number of hydrogen-bond donors (Lipinski definition) is 2. The van der Waals surface area contributed by atoms with Crippen molar-refractivity contribution in [1.82, 2.24) is 0 Å². The van der Waals surface area contributed by atoms with Crippen molar-refractivity contribution in [3.8, 4) is 11.8 Å². The number of carbonyl (C=O) groups excluding carboxylic acids is 1. The van der Waals surface area contributed by atoms with E-state index in [0.717, 1.165) is 15.0 Å². The summed E-state index contributed by atoms with van der Waals surface area (Å²) in [5, 5.41) is 4.63. The average Bonchev–Trinajstić information content (AvgIpc) is 2.85. The molecule has 0 aliphatic rings. The molecule has 0 fully saturated rings. The lowest BCUT2D eigenvalue weighted by molar-refractivity contribution is 0.102. The van der Waals surface area contributed by atoms with Gasteiger partial charge in [-0.2, -0.15) is 0 Å². The van der Waals surface area contributed by atoms with Crippen molar-refractivity contribution in [1.29, 1.82) is 0 Å². The van der Waals surface area contributed by atoms with E-state index in [2.05, 4.69) is 33.1 Å². The van der Waals surface area contributed by atoms with Crippen molar-refractivity contribution in [2.45, 2.75) is 0 Å². The second kappa shape index (κ2) is 6.53. The highest BCUT2D eigenvalue weighted by molar-refractivity contribution is 9.11. The number of amides is 1. The highest BCUT2D eigenvalue weighted by Crippen LogP contribution is 2.21. The van der Waals surface area contributed by atoms with Crippen molar-refractivity contribution < 1.29 is 4.79 Å². The minimum atomic E-state index is -0.122. The third-order valence-electron chi connectivity index (χ3n) is 2.31. The van der Waals surface area contributed by atoms with E-state index in [0.29, 0.717) is 12.1 Å². The number of hydrogen-bond acceptors (Lipinski definition) is 3. The molecule has 1 amide bonds. The van der Waals surface area contributed by atoms with Crippen LogP contribution in [-0.4, -0.2) is 12.5 Å². The minimum absolute atomic E-state index is 0.122.